The summed E-state index contributed by atoms with van der Waals surface area (Å²) in [5.41, 5.74) is 3.52. The molecular weight excluding hydrogens is 408 g/mol. The van der Waals surface area contributed by atoms with E-state index in [-0.39, 0.29) is 11.6 Å². The summed E-state index contributed by atoms with van der Waals surface area (Å²) in [6, 6.07) is 3.57. The van der Waals surface area contributed by atoms with E-state index in [1.54, 1.807) is 35.0 Å². The van der Waals surface area contributed by atoms with Crippen LogP contribution >= 0.6 is 0 Å². The Morgan fingerprint density at radius 3 is 2.94 bits per heavy atom. The zero-order chi connectivity index (χ0) is 22.5. The zero-order valence-corrected chi connectivity index (χ0v) is 18.8. The van der Waals surface area contributed by atoms with Crippen molar-refractivity contribution < 1.29 is 9.53 Å². The van der Waals surface area contributed by atoms with E-state index in [4.69, 9.17) is 4.74 Å². The number of anilines is 3. The summed E-state index contributed by atoms with van der Waals surface area (Å²) >= 11 is 0. The van der Waals surface area contributed by atoms with Crippen molar-refractivity contribution in [1.82, 2.24) is 24.9 Å². The highest BCUT2D eigenvalue weighted by Crippen LogP contribution is 2.35. The van der Waals surface area contributed by atoms with Crippen LogP contribution in [0.15, 0.2) is 24.5 Å². The van der Waals surface area contributed by atoms with Crippen LogP contribution in [-0.4, -0.2) is 64.4 Å². The van der Waals surface area contributed by atoms with Crippen molar-refractivity contribution in [2.24, 2.45) is 0 Å². The second-order valence-electron chi connectivity index (χ2n) is 8.91. The maximum absolute atomic E-state index is 13.2. The van der Waals surface area contributed by atoms with Crippen molar-refractivity contribution in [3.05, 3.63) is 35.9 Å². The number of fused-ring (bicyclic) bond motifs is 2. The van der Waals surface area contributed by atoms with Gasteiger partial charge in [-0.05, 0) is 33.3 Å². The molecule has 5 heterocycles. The Kier molecular flexibility index (Phi) is 4.89. The van der Waals surface area contributed by atoms with Gasteiger partial charge in [0, 0.05) is 55.2 Å². The number of carbonyl (C=O) groups is 1. The van der Waals surface area contributed by atoms with Gasteiger partial charge < -0.3 is 20.3 Å². The fourth-order valence-electron chi connectivity index (χ4n) is 4.58. The normalized spacial score (nSPS) is 17.5. The topological polar surface area (TPSA) is 99.9 Å². The highest BCUT2D eigenvalue weighted by atomic mass is 16.5. The summed E-state index contributed by atoms with van der Waals surface area (Å²) in [7, 11) is 1.57. The SMILES string of the molecule is COc1cc2nc(C)nn2cc1NC(=O)N1CCc2c(N3CCNC(C)(C)C3)ccnc21. The first-order valence-corrected chi connectivity index (χ1v) is 10.8. The summed E-state index contributed by atoms with van der Waals surface area (Å²) in [4.78, 5) is 26.2. The Morgan fingerprint density at radius 1 is 1.31 bits per heavy atom. The summed E-state index contributed by atoms with van der Waals surface area (Å²) in [5, 5.41) is 10.8. The highest BCUT2D eigenvalue weighted by molar-refractivity contribution is 6.03. The number of pyridine rings is 2. The lowest BCUT2D eigenvalue weighted by Gasteiger charge is -2.41. The number of piperazine rings is 1. The summed E-state index contributed by atoms with van der Waals surface area (Å²) in [6.45, 7) is 9.58. The van der Waals surface area contributed by atoms with E-state index >= 15 is 0 Å². The molecule has 10 heteroatoms. The van der Waals surface area contributed by atoms with Gasteiger partial charge in [-0.15, -0.1) is 0 Å². The van der Waals surface area contributed by atoms with Crippen LogP contribution in [0.5, 0.6) is 5.75 Å². The zero-order valence-electron chi connectivity index (χ0n) is 18.8. The molecule has 1 fully saturated rings. The molecule has 3 aromatic heterocycles. The Balaban J connectivity index is 1.41. The molecule has 0 aromatic carbocycles. The number of rotatable bonds is 3. The molecule has 0 aliphatic carbocycles. The average molecular weight is 437 g/mol. The largest absolute Gasteiger partial charge is 0.494 e. The molecule has 2 amide bonds. The first-order valence-electron chi connectivity index (χ1n) is 10.8. The van der Waals surface area contributed by atoms with E-state index in [0.717, 1.165) is 37.3 Å². The first-order chi connectivity index (χ1) is 15.3. The quantitative estimate of drug-likeness (QED) is 0.649. The van der Waals surface area contributed by atoms with Crippen molar-refractivity contribution in [3.63, 3.8) is 0 Å². The Hall–Kier alpha value is -3.40. The smallest absolute Gasteiger partial charge is 0.327 e. The third-order valence-corrected chi connectivity index (χ3v) is 6.01. The van der Waals surface area contributed by atoms with Crippen LogP contribution in [-0.2, 0) is 6.42 Å². The Bertz CT molecular complexity index is 1190. The molecule has 2 aliphatic heterocycles. The number of aryl methyl sites for hydroxylation is 1. The van der Waals surface area contributed by atoms with Gasteiger partial charge >= 0.3 is 6.03 Å². The van der Waals surface area contributed by atoms with Crippen molar-refractivity contribution >= 4 is 28.9 Å². The second-order valence-corrected chi connectivity index (χ2v) is 8.91. The molecule has 5 rings (SSSR count). The van der Waals surface area contributed by atoms with E-state index in [1.807, 2.05) is 6.92 Å². The average Bonchev–Trinajstić information content (AvgIpc) is 3.34. The molecule has 0 radical (unpaired) electrons. The second kappa shape index (κ2) is 7.63. The number of methoxy groups -OCH3 is 1. The number of carbonyl (C=O) groups excluding carboxylic acids is 1. The van der Waals surface area contributed by atoms with Gasteiger partial charge in [0.05, 0.1) is 13.3 Å². The van der Waals surface area contributed by atoms with Crippen molar-refractivity contribution in [2.45, 2.75) is 32.7 Å². The number of aromatic nitrogens is 4. The van der Waals surface area contributed by atoms with Gasteiger partial charge in [0.25, 0.3) is 0 Å². The van der Waals surface area contributed by atoms with E-state index in [2.05, 4.69) is 50.5 Å². The van der Waals surface area contributed by atoms with Gasteiger partial charge in [-0.3, -0.25) is 4.90 Å². The van der Waals surface area contributed by atoms with E-state index in [1.165, 1.54) is 0 Å². The van der Waals surface area contributed by atoms with Crippen LogP contribution < -0.4 is 25.2 Å². The summed E-state index contributed by atoms with van der Waals surface area (Å²) in [6.07, 6.45) is 4.28. The summed E-state index contributed by atoms with van der Waals surface area (Å²) < 4.78 is 7.10. The van der Waals surface area contributed by atoms with E-state index in [0.29, 0.717) is 35.3 Å². The molecule has 0 unspecified atom stereocenters. The number of hydrogen-bond acceptors (Lipinski definition) is 7. The standard InChI is InChI=1S/C22H28N8O2/c1-14-25-19-11-18(32-4)16(12-30(19)27-14)26-21(31)29-9-6-15-17(5-7-23-20(15)29)28-10-8-24-22(2,3)13-28/h5,7,11-12,24H,6,8-10,13H2,1-4H3,(H,26,31). The molecule has 0 spiro atoms. The lowest BCUT2D eigenvalue weighted by atomic mass is 10.0. The number of urea groups is 1. The lowest BCUT2D eigenvalue weighted by molar-refractivity contribution is 0.257. The van der Waals surface area contributed by atoms with Crippen LogP contribution in [0.2, 0.25) is 0 Å². The van der Waals surface area contributed by atoms with E-state index < -0.39 is 0 Å². The van der Waals surface area contributed by atoms with Gasteiger partial charge in [-0.1, -0.05) is 0 Å². The Labute approximate surface area is 186 Å². The molecule has 32 heavy (non-hydrogen) atoms. The Morgan fingerprint density at radius 2 is 2.16 bits per heavy atom. The first kappa shape index (κ1) is 20.5. The maximum atomic E-state index is 13.2. The molecule has 0 saturated carbocycles. The maximum Gasteiger partial charge on any atom is 0.327 e. The van der Waals surface area contributed by atoms with Gasteiger partial charge in [-0.25, -0.2) is 19.3 Å². The van der Waals surface area contributed by atoms with Crippen LogP contribution in [0.3, 0.4) is 0 Å². The molecule has 0 atom stereocenters. The summed E-state index contributed by atoms with van der Waals surface area (Å²) in [5.74, 6) is 1.90. The number of nitrogens with one attached hydrogen (secondary N) is 2. The minimum absolute atomic E-state index is 0.0407. The van der Waals surface area contributed by atoms with Crippen LogP contribution in [0.25, 0.3) is 5.65 Å². The van der Waals surface area contributed by atoms with Crippen molar-refractivity contribution in [1.29, 1.82) is 0 Å². The molecule has 10 nitrogen and oxygen atoms in total. The molecular formula is C22H28N8O2. The third kappa shape index (κ3) is 3.60. The molecule has 2 N–H and O–H groups in total. The van der Waals surface area contributed by atoms with Crippen LogP contribution in [0, 0.1) is 6.92 Å². The van der Waals surface area contributed by atoms with Gasteiger partial charge in [-0.2, -0.15) is 5.10 Å². The predicted molar refractivity (Wildman–Crippen MR) is 123 cm³/mol. The van der Waals surface area contributed by atoms with Crippen molar-refractivity contribution in [3.8, 4) is 5.75 Å². The molecule has 2 aliphatic rings. The number of nitrogens with zero attached hydrogens (tertiary/aromatic N) is 6. The molecule has 1 saturated heterocycles. The molecule has 3 aromatic rings. The van der Waals surface area contributed by atoms with E-state index in [9.17, 15) is 4.79 Å². The molecule has 0 bridgehead atoms. The number of hydrogen-bond donors (Lipinski definition) is 2. The van der Waals surface area contributed by atoms with Gasteiger partial charge in [0.1, 0.15) is 23.1 Å². The number of amides is 2. The minimum Gasteiger partial charge on any atom is -0.494 e. The highest BCUT2D eigenvalue weighted by Gasteiger charge is 2.33. The van der Waals surface area contributed by atoms with Crippen molar-refractivity contribution in [2.75, 3.05) is 48.4 Å². The fraction of sp³-hybridized carbons (Fsp3) is 0.455. The van der Waals surface area contributed by atoms with Gasteiger partial charge in [0.15, 0.2) is 5.65 Å². The fourth-order valence-corrected chi connectivity index (χ4v) is 4.58. The minimum atomic E-state index is -0.247. The van der Waals surface area contributed by atoms with Crippen LogP contribution in [0.1, 0.15) is 25.2 Å². The third-order valence-electron chi connectivity index (χ3n) is 6.01. The molecule has 168 valence electrons. The number of ether oxygens (including phenoxy) is 1. The monoisotopic (exact) mass is 436 g/mol. The lowest BCUT2D eigenvalue weighted by Crippen LogP contribution is -2.57. The van der Waals surface area contributed by atoms with Crippen LogP contribution in [0.4, 0.5) is 22.0 Å². The predicted octanol–water partition coefficient (Wildman–Crippen LogP) is 2.22. The van der Waals surface area contributed by atoms with Gasteiger partial charge in [0.2, 0.25) is 0 Å².